The van der Waals surface area contributed by atoms with Crippen molar-refractivity contribution in [1.29, 1.82) is 0 Å². The van der Waals surface area contributed by atoms with Crippen LogP contribution in [0.25, 0.3) is 11.0 Å². The summed E-state index contributed by atoms with van der Waals surface area (Å²) in [6.07, 6.45) is 6.60. The van der Waals surface area contributed by atoms with Crippen LogP contribution in [-0.2, 0) is 6.54 Å². The van der Waals surface area contributed by atoms with Crippen LogP contribution in [0, 0.1) is 5.82 Å². The molecule has 150 valence electrons. The first-order valence-electron chi connectivity index (χ1n) is 9.77. The van der Waals surface area contributed by atoms with Crippen molar-refractivity contribution in [2.45, 2.75) is 44.7 Å². The highest BCUT2D eigenvalue weighted by Crippen LogP contribution is 2.19. The minimum atomic E-state index is -0.402. The van der Waals surface area contributed by atoms with Crippen molar-refractivity contribution in [1.82, 2.24) is 14.9 Å². The summed E-state index contributed by atoms with van der Waals surface area (Å²) in [5.74, 6) is -0.768. The smallest absolute Gasteiger partial charge is 0.256 e. The highest BCUT2D eigenvalue weighted by Gasteiger charge is 2.21. The van der Waals surface area contributed by atoms with Crippen LogP contribution in [0.2, 0.25) is 5.15 Å². The summed E-state index contributed by atoms with van der Waals surface area (Å²) in [6, 6.07) is 9.53. The van der Waals surface area contributed by atoms with E-state index in [0.29, 0.717) is 11.2 Å². The molecule has 29 heavy (non-hydrogen) atoms. The lowest BCUT2D eigenvalue weighted by Crippen LogP contribution is -2.38. The van der Waals surface area contributed by atoms with Gasteiger partial charge in [0.25, 0.3) is 5.91 Å². The summed E-state index contributed by atoms with van der Waals surface area (Å²) in [7, 11) is 0. The van der Waals surface area contributed by atoms with Crippen molar-refractivity contribution >= 4 is 28.5 Å². The number of pyridine rings is 2. The lowest BCUT2D eigenvalue weighted by atomic mass is 9.95. The fourth-order valence-electron chi connectivity index (χ4n) is 3.84. The molecule has 1 fully saturated rings. The number of rotatable bonds is 4. The molecule has 0 saturated heterocycles. The fourth-order valence-corrected chi connectivity index (χ4v) is 3.99. The van der Waals surface area contributed by atoms with Crippen LogP contribution in [0.1, 0.15) is 48.0 Å². The number of nitrogens with one attached hydrogen (secondary N) is 1. The van der Waals surface area contributed by atoms with Crippen LogP contribution in [-0.4, -0.2) is 21.5 Å². The summed E-state index contributed by atoms with van der Waals surface area (Å²) in [5.41, 5.74) is 0.378. The Balaban J connectivity index is 1.78. The van der Waals surface area contributed by atoms with Crippen molar-refractivity contribution < 1.29 is 9.18 Å². The highest BCUT2D eigenvalue weighted by atomic mass is 35.5. The van der Waals surface area contributed by atoms with E-state index in [1.54, 1.807) is 28.8 Å². The predicted molar refractivity (Wildman–Crippen MR) is 111 cm³/mol. The number of carbonyl (C=O) groups is 1. The van der Waals surface area contributed by atoms with Crippen molar-refractivity contribution in [2.24, 2.45) is 0 Å². The number of halogens is 2. The van der Waals surface area contributed by atoms with E-state index in [4.69, 9.17) is 11.6 Å². The van der Waals surface area contributed by atoms with E-state index in [-0.39, 0.29) is 34.5 Å². The Morgan fingerprint density at radius 2 is 1.93 bits per heavy atom. The molecule has 0 spiro atoms. The fraction of sp³-hybridized carbons (Fsp3) is 0.318. The lowest BCUT2D eigenvalue weighted by molar-refractivity contribution is 0.0926. The Morgan fingerprint density at radius 3 is 2.69 bits per heavy atom. The molecule has 4 rings (SSSR count). The third-order valence-electron chi connectivity index (χ3n) is 5.37. The van der Waals surface area contributed by atoms with Crippen LogP contribution in [0.4, 0.5) is 4.39 Å². The van der Waals surface area contributed by atoms with Crippen molar-refractivity contribution in [3.05, 3.63) is 74.9 Å². The Bertz CT molecular complexity index is 1120. The normalized spacial score (nSPS) is 14.8. The maximum atomic E-state index is 14.2. The van der Waals surface area contributed by atoms with Crippen LogP contribution in [0.5, 0.6) is 0 Å². The number of hydrogen-bond donors (Lipinski definition) is 1. The second-order valence-corrected chi connectivity index (χ2v) is 7.79. The number of fused-ring (bicyclic) bond motifs is 1. The van der Waals surface area contributed by atoms with Gasteiger partial charge in [0.2, 0.25) is 5.43 Å². The minimum Gasteiger partial charge on any atom is -0.349 e. The van der Waals surface area contributed by atoms with Crippen molar-refractivity contribution in [3.8, 4) is 0 Å². The molecule has 1 saturated carbocycles. The number of carbonyl (C=O) groups excluding carboxylic acids is 1. The van der Waals surface area contributed by atoms with E-state index in [1.165, 1.54) is 24.8 Å². The molecule has 1 amide bonds. The van der Waals surface area contributed by atoms with Gasteiger partial charge in [0.15, 0.2) is 0 Å². The molecular formula is C22H21ClFN3O2. The monoisotopic (exact) mass is 413 g/mol. The molecule has 1 aliphatic rings. The maximum absolute atomic E-state index is 14.2. The number of hydrogen-bond acceptors (Lipinski definition) is 3. The van der Waals surface area contributed by atoms with E-state index in [9.17, 15) is 14.0 Å². The third kappa shape index (κ3) is 4.17. The molecule has 0 atom stereocenters. The summed E-state index contributed by atoms with van der Waals surface area (Å²) < 4.78 is 15.8. The quantitative estimate of drug-likeness (QED) is 0.648. The molecule has 0 radical (unpaired) electrons. The van der Waals surface area contributed by atoms with Gasteiger partial charge >= 0.3 is 0 Å². The third-order valence-corrected chi connectivity index (χ3v) is 5.58. The standard InChI is InChI=1S/C22H21ClFN3O2/c23-19-11-10-16-20(28)17(22(29)25-15-7-2-1-3-8-15)13-27(21(16)26-19)12-14-6-4-5-9-18(14)24/h4-6,9-11,13,15H,1-3,7-8,12H2,(H,25,29). The second-order valence-electron chi connectivity index (χ2n) is 7.40. The van der Waals surface area contributed by atoms with Gasteiger partial charge in [-0.1, -0.05) is 49.1 Å². The second kappa shape index (κ2) is 8.33. The first kappa shape index (κ1) is 19.6. The van der Waals surface area contributed by atoms with Gasteiger partial charge in [0.1, 0.15) is 22.2 Å². The zero-order chi connectivity index (χ0) is 20.4. The maximum Gasteiger partial charge on any atom is 0.256 e. The minimum absolute atomic E-state index is 0.0311. The van der Waals surface area contributed by atoms with Gasteiger partial charge in [-0.15, -0.1) is 0 Å². The Kier molecular flexibility index (Phi) is 5.62. The number of aromatic nitrogens is 2. The van der Waals surface area contributed by atoms with Gasteiger partial charge in [-0.2, -0.15) is 0 Å². The van der Waals surface area contributed by atoms with E-state index < -0.39 is 11.3 Å². The Morgan fingerprint density at radius 1 is 1.17 bits per heavy atom. The topological polar surface area (TPSA) is 64.0 Å². The van der Waals surface area contributed by atoms with Gasteiger partial charge < -0.3 is 9.88 Å². The van der Waals surface area contributed by atoms with E-state index in [0.717, 1.165) is 25.7 Å². The number of amides is 1. The van der Waals surface area contributed by atoms with E-state index in [1.807, 2.05) is 0 Å². The SMILES string of the molecule is O=C(NC1CCCCC1)c1cn(Cc2ccccc2F)c2nc(Cl)ccc2c1=O. The average molecular weight is 414 g/mol. The molecule has 0 bridgehead atoms. The molecule has 1 aliphatic carbocycles. The molecule has 1 aromatic carbocycles. The molecule has 2 aromatic heterocycles. The van der Waals surface area contributed by atoms with E-state index >= 15 is 0 Å². The zero-order valence-corrected chi connectivity index (χ0v) is 16.6. The van der Waals surface area contributed by atoms with Crippen molar-refractivity contribution in [3.63, 3.8) is 0 Å². The first-order valence-corrected chi connectivity index (χ1v) is 10.1. The van der Waals surface area contributed by atoms with Crippen LogP contribution < -0.4 is 10.7 Å². The molecule has 1 N–H and O–H groups in total. The number of nitrogens with zero attached hydrogens (tertiary/aromatic N) is 2. The summed E-state index contributed by atoms with van der Waals surface area (Å²) >= 11 is 6.03. The summed E-state index contributed by atoms with van der Waals surface area (Å²) in [5, 5.41) is 3.48. The molecule has 2 heterocycles. The molecular weight excluding hydrogens is 393 g/mol. The highest BCUT2D eigenvalue weighted by molar-refractivity contribution is 6.29. The van der Waals surface area contributed by atoms with Crippen LogP contribution in [0.3, 0.4) is 0 Å². The molecule has 3 aromatic rings. The molecule has 7 heteroatoms. The Labute approximate surface area is 172 Å². The molecule has 0 aliphatic heterocycles. The zero-order valence-electron chi connectivity index (χ0n) is 15.8. The number of benzene rings is 1. The largest absolute Gasteiger partial charge is 0.349 e. The van der Waals surface area contributed by atoms with Gasteiger partial charge in [0, 0.05) is 17.8 Å². The van der Waals surface area contributed by atoms with Crippen LogP contribution >= 0.6 is 11.6 Å². The molecule has 0 unspecified atom stereocenters. The van der Waals surface area contributed by atoms with Crippen molar-refractivity contribution in [2.75, 3.05) is 0 Å². The van der Waals surface area contributed by atoms with Gasteiger partial charge in [-0.05, 0) is 31.0 Å². The summed E-state index contributed by atoms with van der Waals surface area (Å²) in [6.45, 7) is 0.126. The summed E-state index contributed by atoms with van der Waals surface area (Å²) in [4.78, 5) is 30.1. The molecule has 5 nitrogen and oxygen atoms in total. The average Bonchev–Trinajstić information content (AvgIpc) is 2.72. The Hall–Kier alpha value is -2.73. The first-order chi connectivity index (χ1) is 14.0. The lowest BCUT2D eigenvalue weighted by Gasteiger charge is -2.23. The predicted octanol–water partition coefficient (Wildman–Crippen LogP) is 4.30. The van der Waals surface area contributed by atoms with Gasteiger partial charge in [-0.25, -0.2) is 9.37 Å². The van der Waals surface area contributed by atoms with Crippen LogP contribution in [0.15, 0.2) is 47.4 Å². The van der Waals surface area contributed by atoms with Gasteiger partial charge in [0.05, 0.1) is 11.9 Å². The van der Waals surface area contributed by atoms with E-state index in [2.05, 4.69) is 10.3 Å². The van der Waals surface area contributed by atoms with Gasteiger partial charge in [-0.3, -0.25) is 9.59 Å².